The van der Waals surface area contributed by atoms with Crippen LogP contribution in [0.3, 0.4) is 0 Å². The largest absolute Gasteiger partial charge is 0.326 e. The Hall–Kier alpha value is -2.27. The summed E-state index contributed by atoms with van der Waals surface area (Å²) in [5.41, 5.74) is 3.71. The van der Waals surface area contributed by atoms with E-state index in [0.29, 0.717) is 12.2 Å². The average Bonchev–Trinajstić information content (AvgIpc) is 2.55. The molecule has 0 aromatic heterocycles. The standard InChI is InChI=1S/C22H28N2O2S/c1-15-9-10-16(2)19(11-15)24-21(26)14-27-18-8-6-7-17(12-18)23-20(25)13-22(3,4)5/h6-12H,13-14H2,1-5H3,(H,23,25)(H,24,26). The SMILES string of the molecule is Cc1ccc(C)c(NC(=O)CSc2cccc(NC(=O)CC(C)(C)C)c2)c1. The monoisotopic (exact) mass is 384 g/mol. The van der Waals surface area contributed by atoms with Gasteiger partial charge in [0.15, 0.2) is 0 Å². The van der Waals surface area contributed by atoms with Crippen molar-refractivity contribution in [1.29, 1.82) is 0 Å². The molecule has 5 heteroatoms. The summed E-state index contributed by atoms with van der Waals surface area (Å²) < 4.78 is 0. The first-order chi connectivity index (χ1) is 12.6. The Balaban J connectivity index is 1.91. The first-order valence-corrected chi connectivity index (χ1v) is 10.0. The van der Waals surface area contributed by atoms with Crippen LogP contribution in [0.1, 0.15) is 38.3 Å². The molecule has 2 aromatic rings. The van der Waals surface area contributed by atoms with Crippen molar-refractivity contribution in [2.24, 2.45) is 5.41 Å². The van der Waals surface area contributed by atoms with E-state index in [4.69, 9.17) is 0 Å². The van der Waals surface area contributed by atoms with Gasteiger partial charge in [-0.05, 0) is 54.7 Å². The first-order valence-electron chi connectivity index (χ1n) is 9.02. The normalized spacial score (nSPS) is 11.1. The number of carbonyl (C=O) groups excluding carboxylic acids is 2. The summed E-state index contributed by atoms with van der Waals surface area (Å²) in [5, 5.41) is 5.89. The summed E-state index contributed by atoms with van der Waals surface area (Å²) in [5.74, 6) is 0.264. The fourth-order valence-corrected chi connectivity index (χ4v) is 3.31. The molecule has 2 amide bonds. The maximum absolute atomic E-state index is 12.3. The van der Waals surface area contributed by atoms with Gasteiger partial charge in [0, 0.05) is 22.7 Å². The molecule has 0 unspecified atom stereocenters. The first kappa shape index (κ1) is 21.0. The van der Waals surface area contributed by atoms with Gasteiger partial charge in [-0.25, -0.2) is 0 Å². The smallest absolute Gasteiger partial charge is 0.234 e. The average molecular weight is 385 g/mol. The third-order valence-electron chi connectivity index (χ3n) is 3.85. The van der Waals surface area contributed by atoms with Gasteiger partial charge in [0.25, 0.3) is 0 Å². The molecule has 2 N–H and O–H groups in total. The Bertz CT molecular complexity index is 825. The summed E-state index contributed by atoms with van der Waals surface area (Å²) in [4.78, 5) is 25.3. The fraction of sp³-hybridized carbons (Fsp3) is 0.364. The molecular weight excluding hydrogens is 356 g/mol. The summed E-state index contributed by atoms with van der Waals surface area (Å²) >= 11 is 1.45. The minimum absolute atomic E-state index is 0.00249. The van der Waals surface area contributed by atoms with E-state index in [1.807, 2.05) is 77.1 Å². The van der Waals surface area contributed by atoms with Crippen molar-refractivity contribution in [3.63, 3.8) is 0 Å². The second kappa shape index (κ2) is 9.09. The summed E-state index contributed by atoms with van der Waals surface area (Å²) in [6.45, 7) is 10.1. The predicted octanol–water partition coefficient (Wildman–Crippen LogP) is 5.41. The van der Waals surface area contributed by atoms with Crippen molar-refractivity contribution in [2.45, 2.75) is 45.9 Å². The van der Waals surface area contributed by atoms with Crippen molar-refractivity contribution in [3.05, 3.63) is 53.6 Å². The summed E-state index contributed by atoms with van der Waals surface area (Å²) in [7, 11) is 0. The highest BCUT2D eigenvalue weighted by molar-refractivity contribution is 8.00. The van der Waals surface area contributed by atoms with Crippen molar-refractivity contribution in [3.8, 4) is 0 Å². The lowest BCUT2D eigenvalue weighted by molar-refractivity contribution is -0.118. The number of hydrogen-bond acceptors (Lipinski definition) is 3. The summed E-state index contributed by atoms with van der Waals surface area (Å²) in [6, 6.07) is 13.6. The van der Waals surface area contributed by atoms with Gasteiger partial charge >= 0.3 is 0 Å². The Morgan fingerprint density at radius 2 is 1.70 bits per heavy atom. The number of aryl methyl sites for hydroxylation is 2. The van der Waals surface area contributed by atoms with Crippen molar-refractivity contribution in [1.82, 2.24) is 0 Å². The Morgan fingerprint density at radius 3 is 2.41 bits per heavy atom. The maximum Gasteiger partial charge on any atom is 0.234 e. The van der Waals surface area contributed by atoms with E-state index in [1.54, 1.807) is 0 Å². The van der Waals surface area contributed by atoms with E-state index < -0.39 is 0 Å². The van der Waals surface area contributed by atoms with Crippen molar-refractivity contribution < 1.29 is 9.59 Å². The number of thioether (sulfide) groups is 1. The third-order valence-corrected chi connectivity index (χ3v) is 4.84. The van der Waals surface area contributed by atoms with Gasteiger partial charge in [-0.15, -0.1) is 11.8 Å². The molecule has 0 radical (unpaired) electrons. The molecule has 0 bridgehead atoms. The molecule has 2 aromatic carbocycles. The van der Waals surface area contributed by atoms with Gasteiger partial charge in [0.1, 0.15) is 0 Å². The van der Waals surface area contributed by atoms with E-state index in [9.17, 15) is 9.59 Å². The van der Waals surface area contributed by atoms with Gasteiger partial charge < -0.3 is 10.6 Å². The van der Waals surface area contributed by atoms with Crippen molar-refractivity contribution >= 4 is 35.0 Å². The van der Waals surface area contributed by atoms with Crippen LogP contribution in [0.5, 0.6) is 0 Å². The number of anilines is 2. The van der Waals surface area contributed by atoms with Crippen LogP contribution >= 0.6 is 11.8 Å². The molecule has 0 fully saturated rings. The fourth-order valence-electron chi connectivity index (χ4n) is 2.56. The lowest BCUT2D eigenvalue weighted by atomic mass is 9.92. The van der Waals surface area contributed by atoms with Crippen LogP contribution in [0.2, 0.25) is 0 Å². The van der Waals surface area contributed by atoms with E-state index >= 15 is 0 Å². The molecule has 0 heterocycles. The molecule has 0 saturated carbocycles. The van der Waals surface area contributed by atoms with Gasteiger partial charge in [-0.1, -0.05) is 39.0 Å². The molecule has 0 aliphatic heterocycles. The molecule has 0 atom stereocenters. The molecule has 27 heavy (non-hydrogen) atoms. The number of benzene rings is 2. The Kier molecular flexibility index (Phi) is 7.08. The highest BCUT2D eigenvalue weighted by Gasteiger charge is 2.16. The minimum atomic E-state index is -0.0531. The quantitative estimate of drug-likeness (QED) is 0.655. The Morgan fingerprint density at radius 1 is 0.963 bits per heavy atom. The predicted molar refractivity (Wildman–Crippen MR) is 114 cm³/mol. The Labute approximate surface area is 166 Å². The highest BCUT2D eigenvalue weighted by Crippen LogP contribution is 2.24. The van der Waals surface area contributed by atoms with Crippen LogP contribution in [-0.2, 0) is 9.59 Å². The minimum Gasteiger partial charge on any atom is -0.326 e. The van der Waals surface area contributed by atoms with Crippen LogP contribution in [0.4, 0.5) is 11.4 Å². The topological polar surface area (TPSA) is 58.2 Å². The van der Waals surface area contributed by atoms with Gasteiger partial charge in [0.2, 0.25) is 11.8 Å². The maximum atomic E-state index is 12.3. The number of hydrogen-bond donors (Lipinski definition) is 2. The van der Waals surface area contributed by atoms with Crippen molar-refractivity contribution in [2.75, 3.05) is 16.4 Å². The zero-order valence-corrected chi connectivity index (χ0v) is 17.5. The second-order valence-electron chi connectivity index (χ2n) is 7.97. The number of carbonyl (C=O) groups is 2. The zero-order valence-electron chi connectivity index (χ0n) is 16.7. The van der Waals surface area contributed by atoms with Crippen LogP contribution in [0.25, 0.3) is 0 Å². The zero-order chi connectivity index (χ0) is 20.0. The highest BCUT2D eigenvalue weighted by atomic mass is 32.2. The molecule has 0 saturated heterocycles. The number of rotatable bonds is 6. The van der Waals surface area contributed by atoms with E-state index in [2.05, 4.69) is 10.6 Å². The van der Waals surface area contributed by atoms with Crippen LogP contribution in [-0.4, -0.2) is 17.6 Å². The van der Waals surface area contributed by atoms with Crippen LogP contribution in [0, 0.1) is 19.3 Å². The van der Waals surface area contributed by atoms with E-state index in [0.717, 1.165) is 27.4 Å². The molecule has 0 aliphatic carbocycles. The molecule has 144 valence electrons. The third kappa shape index (κ3) is 7.47. The number of nitrogens with one attached hydrogen (secondary N) is 2. The van der Waals surface area contributed by atoms with E-state index in [-0.39, 0.29) is 17.2 Å². The molecule has 0 aliphatic rings. The molecule has 0 spiro atoms. The number of amides is 2. The van der Waals surface area contributed by atoms with Crippen LogP contribution in [0.15, 0.2) is 47.4 Å². The molecular formula is C22H28N2O2S. The lowest BCUT2D eigenvalue weighted by Gasteiger charge is -2.17. The van der Waals surface area contributed by atoms with Gasteiger partial charge in [0.05, 0.1) is 5.75 Å². The second-order valence-corrected chi connectivity index (χ2v) is 9.02. The molecule has 2 rings (SSSR count). The van der Waals surface area contributed by atoms with Gasteiger partial charge in [-0.3, -0.25) is 9.59 Å². The lowest BCUT2D eigenvalue weighted by Crippen LogP contribution is -2.19. The molecule has 4 nitrogen and oxygen atoms in total. The van der Waals surface area contributed by atoms with Crippen LogP contribution < -0.4 is 10.6 Å². The van der Waals surface area contributed by atoms with E-state index in [1.165, 1.54) is 11.8 Å². The summed E-state index contributed by atoms with van der Waals surface area (Å²) in [6.07, 6.45) is 0.461. The van der Waals surface area contributed by atoms with Gasteiger partial charge in [-0.2, -0.15) is 0 Å².